The average Bonchev–Trinajstić information content (AvgIpc) is 3.02. The van der Waals surface area contributed by atoms with Crippen molar-refractivity contribution in [1.29, 1.82) is 0 Å². The summed E-state index contributed by atoms with van der Waals surface area (Å²) in [5.41, 5.74) is 1.71. The molecule has 0 bridgehead atoms. The van der Waals surface area contributed by atoms with Gasteiger partial charge in [0.15, 0.2) is 0 Å². The minimum Gasteiger partial charge on any atom is -0.341 e. The van der Waals surface area contributed by atoms with Crippen molar-refractivity contribution in [3.63, 3.8) is 0 Å². The van der Waals surface area contributed by atoms with E-state index in [0.717, 1.165) is 23.8 Å². The molecule has 2 amide bonds. The van der Waals surface area contributed by atoms with Crippen LogP contribution in [0.3, 0.4) is 0 Å². The Balaban J connectivity index is 2.03. The van der Waals surface area contributed by atoms with Crippen molar-refractivity contribution in [2.45, 2.75) is 6.04 Å². The van der Waals surface area contributed by atoms with E-state index in [4.69, 9.17) is 0 Å². The van der Waals surface area contributed by atoms with Crippen molar-refractivity contribution in [2.75, 3.05) is 13.6 Å². The van der Waals surface area contributed by atoms with Crippen LogP contribution in [0.15, 0.2) is 54.6 Å². The standard InChI is InChI=1S/C18H16F2N2O/c1-21-18(23)22-11-13(15-10-14(19)7-8-16(15)20)9-17(22)12-5-3-2-4-6-12/h2-10,17H,11H2,1H3,(H,21,23). The van der Waals surface area contributed by atoms with Crippen LogP contribution in [0.2, 0.25) is 0 Å². The molecule has 2 aromatic carbocycles. The molecule has 1 aliphatic heterocycles. The molecule has 0 aromatic heterocycles. The van der Waals surface area contributed by atoms with Crippen LogP contribution in [0.25, 0.3) is 5.57 Å². The summed E-state index contributed by atoms with van der Waals surface area (Å²) < 4.78 is 27.5. The molecule has 0 aliphatic carbocycles. The third-order valence-electron chi connectivity index (χ3n) is 3.93. The predicted octanol–water partition coefficient (Wildman–Crippen LogP) is 3.74. The van der Waals surface area contributed by atoms with Crippen molar-refractivity contribution in [1.82, 2.24) is 10.2 Å². The minimum absolute atomic E-state index is 0.192. The molecule has 1 N–H and O–H groups in total. The number of hydrogen-bond acceptors (Lipinski definition) is 1. The molecular formula is C18H16F2N2O. The summed E-state index contributed by atoms with van der Waals surface area (Å²) in [6.45, 7) is 0.222. The Bertz CT molecular complexity index is 759. The van der Waals surface area contributed by atoms with E-state index in [1.165, 1.54) is 0 Å². The van der Waals surface area contributed by atoms with Gasteiger partial charge in [0.1, 0.15) is 11.6 Å². The van der Waals surface area contributed by atoms with Gasteiger partial charge in [-0.25, -0.2) is 13.6 Å². The Morgan fingerprint density at radius 1 is 1.17 bits per heavy atom. The molecule has 2 aromatic rings. The summed E-state index contributed by atoms with van der Waals surface area (Å²) in [5.74, 6) is -1.000. The fourth-order valence-corrected chi connectivity index (χ4v) is 2.80. The van der Waals surface area contributed by atoms with Gasteiger partial charge in [0.25, 0.3) is 0 Å². The third kappa shape index (κ3) is 2.95. The van der Waals surface area contributed by atoms with Crippen molar-refractivity contribution < 1.29 is 13.6 Å². The average molecular weight is 314 g/mol. The van der Waals surface area contributed by atoms with Gasteiger partial charge in [-0.15, -0.1) is 0 Å². The third-order valence-corrected chi connectivity index (χ3v) is 3.93. The number of hydrogen-bond donors (Lipinski definition) is 1. The van der Waals surface area contributed by atoms with Gasteiger partial charge in [0.2, 0.25) is 0 Å². The lowest BCUT2D eigenvalue weighted by Gasteiger charge is -2.24. The quantitative estimate of drug-likeness (QED) is 0.900. The van der Waals surface area contributed by atoms with E-state index in [0.29, 0.717) is 5.57 Å². The summed E-state index contributed by atoms with van der Waals surface area (Å²) >= 11 is 0. The van der Waals surface area contributed by atoms with Gasteiger partial charge in [0.05, 0.1) is 6.04 Å². The van der Waals surface area contributed by atoms with Gasteiger partial charge in [-0.05, 0) is 29.3 Å². The number of carbonyl (C=O) groups excluding carboxylic acids is 1. The van der Waals surface area contributed by atoms with Gasteiger partial charge in [-0.3, -0.25) is 0 Å². The lowest BCUT2D eigenvalue weighted by Crippen LogP contribution is -2.38. The van der Waals surface area contributed by atoms with Crippen molar-refractivity contribution in [3.8, 4) is 0 Å². The number of amides is 2. The van der Waals surface area contributed by atoms with Crippen molar-refractivity contribution in [3.05, 3.63) is 77.4 Å². The van der Waals surface area contributed by atoms with Crippen LogP contribution in [0.4, 0.5) is 13.6 Å². The van der Waals surface area contributed by atoms with E-state index in [9.17, 15) is 13.6 Å². The number of carbonyl (C=O) groups is 1. The molecule has 1 unspecified atom stereocenters. The van der Waals surface area contributed by atoms with Crippen molar-refractivity contribution >= 4 is 11.6 Å². The number of benzene rings is 2. The topological polar surface area (TPSA) is 32.3 Å². The van der Waals surface area contributed by atoms with Gasteiger partial charge in [0, 0.05) is 19.2 Å². The molecule has 0 radical (unpaired) electrons. The molecular weight excluding hydrogens is 298 g/mol. The smallest absolute Gasteiger partial charge is 0.318 e. The molecule has 0 spiro atoms. The van der Waals surface area contributed by atoms with E-state index < -0.39 is 11.6 Å². The minimum atomic E-state index is -0.503. The Hall–Kier alpha value is -2.69. The molecule has 1 heterocycles. The Labute approximate surface area is 133 Å². The molecule has 1 atom stereocenters. The zero-order valence-corrected chi connectivity index (χ0v) is 12.6. The zero-order chi connectivity index (χ0) is 16.4. The first-order chi connectivity index (χ1) is 11.1. The second-order valence-electron chi connectivity index (χ2n) is 5.35. The SMILES string of the molecule is CNC(=O)N1CC(c2cc(F)ccc2F)=CC1c1ccccc1. The lowest BCUT2D eigenvalue weighted by atomic mass is 10.0. The molecule has 1 aliphatic rings. The first-order valence-corrected chi connectivity index (χ1v) is 7.29. The van der Waals surface area contributed by atoms with Gasteiger partial charge < -0.3 is 10.2 Å². The van der Waals surface area contributed by atoms with Crippen LogP contribution >= 0.6 is 0 Å². The molecule has 5 heteroatoms. The summed E-state index contributed by atoms with van der Waals surface area (Å²) in [6, 6.07) is 12.2. The van der Waals surface area contributed by atoms with Crippen LogP contribution in [0, 0.1) is 11.6 Å². The Kier molecular flexibility index (Phi) is 4.10. The van der Waals surface area contributed by atoms with E-state index in [2.05, 4.69) is 5.32 Å². The molecule has 0 fully saturated rings. The molecule has 118 valence electrons. The Morgan fingerprint density at radius 3 is 2.61 bits per heavy atom. The number of nitrogens with zero attached hydrogens (tertiary/aromatic N) is 1. The maximum absolute atomic E-state index is 14.0. The number of nitrogens with one attached hydrogen (secondary N) is 1. The first kappa shape index (κ1) is 15.2. The molecule has 3 nitrogen and oxygen atoms in total. The van der Waals surface area contributed by atoms with Crippen LogP contribution in [-0.4, -0.2) is 24.5 Å². The van der Waals surface area contributed by atoms with Crippen molar-refractivity contribution in [2.24, 2.45) is 0 Å². The van der Waals surface area contributed by atoms with Gasteiger partial charge >= 0.3 is 6.03 Å². The summed E-state index contributed by atoms with van der Waals surface area (Å²) in [5, 5.41) is 2.59. The van der Waals surface area contributed by atoms with Crippen LogP contribution in [-0.2, 0) is 0 Å². The van der Waals surface area contributed by atoms with Gasteiger partial charge in [-0.2, -0.15) is 0 Å². The first-order valence-electron chi connectivity index (χ1n) is 7.29. The second-order valence-corrected chi connectivity index (χ2v) is 5.35. The Morgan fingerprint density at radius 2 is 1.91 bits per heavy atom. The van der Waals surface area contributed by atoms with E-state index in [1.54, 1.807) is 11.9 Å². The zero-order valence-electron chi connectivity index (χ0n) is 12.6. The fraction of sp³-hybridized carbons (Fsp3) is 0.167. The molecule has 23 heavy (non-hydrogen) atoms. The number of rotatable bonds is 2. The normalized spacial score (nSPS) is 17.1. The number of urea groups is 1. The number of halogens is 2. The highest BCUT2D eigenvalue weighted by atomic mass is 19.1. The monoisotopic (exact) mass is 314 g/mol. The maximum atomic E-state index is 14.0. The highest BCUT2D eigenvalue weighted by Crippen LogP contribution is 2.35. The van der Waals surface area contributed by atoms with Gasteiger partial charge in [-0.1, -0.05) is 36.4 Å². The van der Waals surface area contributed by atoms with E-state index in [-0.39, 0.29) is 24.2 Å². The molecule has 0 saturated carbocycles. The molecule has 3 rings (SSSR count). The maximum Gasteiger partial charge on any atom is 0.318 e. The lowest BCUT2D eigenvalue weighted by molar-refractivity contribution is 0.200. The predicted molar refractivity (Wildman–Crippen MR) is 84.7 cm³/mol. The van der Waals surface area contributed by atoms with E-state index >= 15 is 0 Å². The van der Waals surface area contributed by atoms with Crippen LogP contribution in [0.5, 0.6) is 0 Å². The largest absolute Gasteiger partial charge is 0.341 e. The second kappa shape index (κ2) is 6.20. The van der Waals surface area contributed by atoms with Crippen LogP contribution < -0.4 is 5.32 Å². The summed E-state index contributed by atoms with van der Waals surface area (Å²) in [4.78, 5) is 13.7. The summed E-state index contributed by atoms with van der Waals surface area (Å²) in [7, 11) is 1.55. The highest BCUT2D eigenvalue weighted by Gasteiger charge is 2.31. The molecule has 0 saturated heterocycles. The fourth-order valence-electron chi connectivity index (χ4n) is 2.80. The highest BCUT2D eigenvalue weighted by molar-refractivity contribution is 5.81. The van der Waals surface area contributed by atoms with Crippen LogP contribution in [0.1, 0.15) is 17.2 Å². The summed E-state index contributed by atoms with van der Waals surface area (Å²) in [6.07, 6.45) is 1.81. The van der Waals surface area contributed by atoms with E-state index in [1.807, 2.05) is 36.4 Å².